The lowest BCUT2D eigenvalue weighted by molar-refractivity contribution is -0.0288. The molecule has 2 aromatic rings. The van der Waals surface area contributed by atoms with E-state index >= 15 is 0 Å². The van der Waals surface area contributed by atoms with Gasteiger partial charge in [-0.15, -0.1) is 0 Å². The Kier molecular flexibility index (Phi) is 5.50. The fourth-order valence-corrected chi connectivity index (χ4v) is 4.59. The van der Waals surface area contributed by atoms with Gasteiger partial charge in [-0.3, -0.25) is 0 Å². The molecule has 0 bridgehead atoms. The average molecular weight is 377 g/mol. The minimum Gasteiger partial charge on any atom is -0.497 e. The Hall–Kier alpha value is -2.09. The second kappa shape index (κ2) is 7.65. The Labute approximate surface area is 154 Å². The van der Waals surface area contributed by atoms with Gasteiger partial charge in [-0.25, -0.2) is 8.42 Å². The molecule has 0 spiro atoms. The van der Waals surface area contributed by atoms with E-state index in [0.29, 0.717) is 12.4 Å². The largest absolute Gasteiger partial charge is 0.497 e. The van der Waals surface area contributed by atoms with Gasteiger partial charge in [-0.1, -0.05) is 12.1 Å². The zero-order chi connectivity index (χ0) is 18.7. The number of hydrogen-bond acceptors (Lipinski definition) is 5. The third-order valence-electron chi connectivity index (χ3n) is 4.53. The number of morpholine rings is 1. The summed E-state index contributed by atoms with van der Waals surface area (Å²) in [7, 11) is -0.460. The molecular formula is C19H23NO5S. The molecule has 1 aliphatic heterocycles. The van der Waals surface area contributed by atoms with Crippen LogP contribution < -0.4 is 9.47 Å². The SMILES string of the molecule is COc1ccc(C2CN(S(=O)(=O)c3ccc(OC)cc3)C(C)CO2)cc1. The molecule has 7 heteroatoms. The zero-order valence-electron chi connectivity index (χ0n) is 15.1. The van der Waals surface area contributed by atoms with Crippen molar-refractivity contribution in [1.82, 2.24) is 4.31 Å². The summed E-state index contributed by atoms with van der Waals surface area (Å²) in [4.78, 5) is 0.250. The molecule has 0 aliphatic carbocycles. The van der Waals surface area contributed by atoms with Gasteiger partial charge >= 0.3 is 0 Å². The maximum absolute atomic E-state index is 13.1. The van der Waals surface area contributed by atoms with Crippen molar-refractivity contribution >= 4 is 10.0 Å². The Morgan fingerprint density at radius 3 is 2.04 bits per heavy atom. The van der Waals surface area contributed by atoms with Gasteiger partial charge in [0.05, 0.1) is 31.8 Å². The highest BCUT2D eigenvalue weighted by Gasteiger charge is 2.36. The molecule has 2 aromatic carbocycles. The average Bonchev–Trinajstić information content (AvgIpc) is 2.68. The van der Waals surface area contributed by atoms with Gasteiger partial charge in [0.25, 0.3) is 0 Å². The van der Waals surface area contributed by atoms with Crippen LogP contribution in [0, 0.1) is 0 Å². The van der Waals surface area contributed by atoms with Gasteiger partial charge < -0.3 is 14.2 Å². The quantitative estimate of drug-likeness (QED) is 0.802. The Morgan fingerprint density at radius 2 is 1.50 bits per heavy atom. The standard InChI is InChI=1S/C19H23NO5S/c1-14-13-25-19(15-4-6-16(23-2)7-5-15)12-20(14)26(21,22)18-10-8-17(24-3)9-11-18/h4-11,14,19H,12-13H2,1-3H3. The van der Waals surface area contributed by atoms with Gasteiger partial charge in [0.1, 0.15) is 11.5 Å². The maximum Gasteiger partial charge on any atom is 0.243 e. The van der Waals surface area contributed by atoms with Crippen LogP contribution in [0.5, 0.6) is 11.5 Å². The molecule has 3 rings (SSSR count). The predicted molar refractivity (Wildman–Crippen MR) is 98.0 cm³/mol. The summed E-state index contributed by atoms with van der Waals surface area (Å²) in [5.74, 6) is 1.37. The lowest BCUT2D eigenvalue weighted by Gasteiger charge is -2.37. The number of hydrogen-bond donors (Lipinski definition) is 0. The highest BCUT2D eigenvalue weighted by molar-refractivity contribution is 7.89. The third-order valence-corrected chi connectivity index (χ3v) is 6.52. The van der Waals surface area contributed by atoms with Gasteiger partial charge in [-0.2, -0.15) is 4.31 Å². The Bertz CT molecular complexity index is 833. The van der Waals surface area contributed by atoms with Crippen LogP contribution in [0.1, 0.15) is 18.6 Å². The summed E-state index contributed by atoms with van der Waals surface area (Å²) < 4.78 is 43.8. The molecule has 1 heterocycles. The summed E-state index contributed by atoms with van der Waals surface area (Å²) in [6.07, 6.45) is -0.315. The summed E-state index contributed by atoms with van der Waals surface area (Å²) in [6, 6.07) is 13.7. The zero-order valence-corrected chi connectivity index (χ0v) is 15.9. The molecular weight excluding hydrogens is 354 g/mol. The van der Waals surface area contributed by atoms with Crippen LogP contribution >= 0.6 is 0 Å². The van der Waals surface area contributed by atoms with Crippen molar-refractivity contribution in [3.63, 3.8) is 0 Å². The smallest absolute Gasteiger partial charge is 0.243 e. The van der Waals surface area contributed by atoms with Crippen molar-refractivity contribution in [1.29, 1.82) is 0 Å². The first-order valence-corrected chi connectivity index (χ1v) is 9.81. The second-order valence-corrected chi connectivity index (χ2v) is 8.08. The van der Waals surface area contributed by atoms with E-state index in [1.54, 1.807) is 38.5 Å². The normalized spacial score (nSPS) is 21.3. The Morgan fingerprint density at radius 1 is 0.962 bits per heavy atom. The first-order valence-electron chi connectivity index (χ1n) is 8.37. The van der Waals surface area contributed by atoms with E-state index in [1.165, 1.54) is 4.31 Å². The first-order chi connectivity index (χ1) is 12.5. The lowest BCUT2D eigenvalue weighted by Crippen LogP contribution is -2.48. The van der Waals surface area contributed by atoms with Crippen molar-refractivity contribution in [3.8, 4) is 11.5 Å². The van der Waals surface area contributed by atoms with Crippen molar-refractivity contribution < 1.29 is 22.6 Å². The van der Waals surface area contributed by atoms with Crippen LogP contribution in [-0.4, -0.2) is 46.1 Å². The molecule has 2 unspecified atom stereocenters. The van der Waals surface area contributed by atoms with Gasteiger partial charge in [0.2, 0.25) is 10.0 Å². The minimum absolute atomic E-state index is 0.239. The molecule has 1 saturated heterocycles. The summed E-state index contributed by atoms with van der Waals surface area (Å²) in [5, 5.41) is 0. The van der Waals surface area contributed by atoms with Crippen molar-refractivity contribution in [3.05, 3.63) is 54.1 Å². The van der Waals surface area contributed by atoms with E-state index in [2.05, 4.69) is 0 Å². The molecule has 2 atom stereocenters. The van der Waals surface area contributed by atoms with E-state index in [9.17, 15) is 8.42 Å². The topological polar surface area (TPSA) is 65.1 Å². The number of sulfonamides is 1. The van der Waals surface area contributed by atoms with Gasteiger partial charge in [-0.05, 0) is 48.9 Å². The van der Waals surface area contributed by atoms with Gasteiger partial charge in [0, 0.05) is 12.6 Å². The highest BCUT2D eigenvalue weighted by Crippen LogP contribution is 2.30. The molecule has 0 amide bonds. The van der Waals surface area contributed by atoms with E-state index in [4.69, 9.17) is 14.2 Å². The lowest BCUT2D eigenvalue weighted by atomic mass is 10.1. The molecule has 0 radical (unpaired) electrons. The van der Waals surface area contributed by atoms with Crippen molar-refractivity contribution in [2.45, 2.75) is 24.0 Å². The molecule has 26 heavy (non-hydrogen) atoms. The molecule has 6 nitrogen and oxygen atoms in total. The van der Waals surface area contributed by atoms with E-state index in [-0.39, 0.29) is 23.6 Å². The second-order valence-electron chi connectivity index (χ2n) is 6.19. The van der Waals surface area contributed by atoms with Crippen LogP contribution in [0.25, 0.3) is 0 Å². The predicted octanol–water partition coefficient (Wildman–Crippen LogP) is 2.85. The Balaban J connectivity index is 1.84. The number of benzene rings is 2. The van der Waals surface area contributed by atoms with Gasteiger partial charge in [0.15, 0.2) is 0 Å². The number of ether oxygens (including phenoxy) is 3. The molecule has 1 fully saturated rings. The van der Waals surface area contributed by atoms with Crippen molar-refractivity contribution in [2.75, 3.05) is 27.4 Å². The maximum atomic E-state index is 13.1. The number of rotatable bonds is 5. The van der Waals surface area contributed by atoms with Crippen LogP contribution in [0.15, 0.2) is 53.4 Å². The van der Waals surface area contributed by atoms with Crippen LogP contribution in [-0.2, 0) is 14.8 Å². The minimum atomic E-state index is -3.62. The molecule has 0 saturated carbocycles. The molecule has 1 aliphatic rings. The molecule has 0 aromatic heterocycles. The van der Waals surface area contributed by atoms with Crippen LogP contribution in [0.2, 0.25) is 0 Å². The van der Waals surface area contributed by atoms with E-state index in [1.807, 2.05) is 31.2 Å². The summed E-state index contributed by atoms with van der Waals surface area (Å²) >= 11 is 0. The third kappa shape index (κ3) is 3.70. The van der Waals surface area contributed by atoms with E-state index < -0.39 is 10.0 Å². The molecule has 0 N–H and O–H groups in total. The van der Waals surface area contributed by atoms with Crippen LogP contribution in [0.3, 0.4) is 0 Å². The van der Waals surface area contributed by atoms with E-state index in [0.717, 1.165) is 11.3 Å². The number of methoxy groups -OCH3 is 2. The fourth-order valence-electron chi connectivity index (χ4n) is 2.97. The summed E-state index contributed by atoms with van der Waals surface area (Å²) in [6.45, 7) is 2.46. The monoisotopic (exact) mass is 377 g/mol. The van der Waals surface area contributed by atoms with Crippen LogP contribution in [0.4, 0.5) is 0 Å². The first kappa shape index (κ1) is 18.7. The van der Waals surface area contributed by atoms with Crippen molar-refractivity contribution in [2.24, 2.45) is 0 Å². The summed E-state index contributed by atoms with van der Waals surface area (Å²) in [5.41, 5.74) is 0.924. The molecule has 140 valence electrons. The number of nitrogens with zero attached hydrogens (tertiary/aromatic N) is 1. The highest BCUT2D eigenvalue weighted by atomic mass is 32.2. The fraction of sp³-hybridized carbons (Fsp3) is 0.368.